The maximum atomic E-state index is 14.7. The molecule has 2 atom stereocenters. The van der Waals surface area contributed by atoms with Crippen molar-refractivity contribution < 1.29 is 18.7 Å². The number of carbonyl (C=O) groups is 2. The van der Waals surface area contributed by atoms with Gasteiger partial charge in [-0.15, -0.1) is 0 Å². The highest BCUT2D eigenvalue weighted by Gasteiger charge is 2.39. The summed E-state index contributed by atoms with van der Waals surface area (Å²) in [5, 5.41) is 3.06. The number of likely N-dealkylation sites (N-methyl/N-ethyl adjacent to an activating group) is 1. The zero-order chi connectivity index (χ0) is 23.4. The number of amides is 2. The van der Waals surface area contributed by atoms with Gasteiger partial charge in [-0.2, -0.15) is 0 Å². The molecule has 0 unspecified atom stereocenters. The Labute approximate surface area is 194 Å². The fourth-order valence-electron chi connectivity index (χ4n) is 5.01. The van der Waals surface area contributed by atoms with Crippen molar-refractivity contribution in [2.24, 2.45) is 0 Å². The molecule has 33 heavy (non-hydrogen) atoms. The van der Waals surface area contributed by atoms with E-state index < -0.39 is 5.54 Å². The maximum Gasteiger partial charge on any atom is 0.223 e. The van der Waals surface area contributed by atoms with Gasteiger partial charge in [0.1, 0.15) is 11.6 Å². The molecule has 0 bridgehead atoms. The molecule has 2 aliphatic heterocycles. The molecule has 2 amide bonds. The Morgan fingerprint density at radius 2 is 2.00 bits per heavy atom. The summed E-state index contributed by atoms with van der Waals surface area (Å²) in [4.78, 5) is 29.7. The van der Waals surface area contributed by atoms with E-state index in [0.717, 1.165) is 18.7 Å². The van der Waals surface area contributed by atoms with Crippen molar-refractivity contribution in [2.75, 3.05) is 33.8 Å². The Kier molecular flexibility index (Phi) is 6.98. The van der Waals surface area contributed by atoms with Gasteiger partial charge in [0.15, 0.2) is 0 Å². The molecule has 0 spiro atoms. The molecule has 2 saturated heterocycles. The van der Waals surface area contributed by atoms with E-state index in [1.807, 2.05) is 23.1 Å². The van der Waals surface area contributed by atoms with Crippen LogP contribution in [0.1, 0.15) is 42.9 Å². The van der Waals surface area contributed by atoms with Crippen molar-refractivity contribution >= 4 is 11.8 Å². The van der Waals surface area contributed by atoms with Crippen LogP contribution in [0.2, 0.25) is 0 Å². The first-order valence-electron chi connectivity index (χ1n) is 11.6. The maximum absolute atomic E-state index is 14.7. The number of halogens is 1. The van der Waals surface area contributed by atoms with Gasteiger partial charge in [0.25, 0.3) is 0 Å². The highest BCUT2D eigenvalue weighted by atomic mass is 19.1. The molecule has 0 saturated carbocycles. The van der Waals surface area contributed by atoms with Gasteiger partial charge in [-0.05, 0) is 43.5 Å². The minimum atomic E-state index is -0.614. The summed E-state index contributed by atoms with van der Waals surface area (Å²) in [6.45, 7) is 2.28. The first-order valence-corrected chi connectivity index (χ1v) is 11.6. The Morgan fingerprint density at radius 3 is 2.67 bits per heavy atom. The van der Waals surface area contributed by atoms with Gasteiger partial charge in [-0.3, -0.25) is 9.59 Å². The van der Waals surface area contributed by atoms with Gasteiger partial charge >= 0.3 is 0 Å². The number of nitrogens with zero attached hydrogens (tertiary/aromatic N) is 2. The van der Waals surface area contributed by atoms with Crippen LogP contribution >= 0.6 is 0 Å². The first-order chi connectivity index (χ1) is 15.9. The minimum absolute atomic E-state index is 0.00519. The van der Waals surface area contributed by atoms with Crippen molar-refractivity contribution in [3.63, 3.8) is 0 Å². The zero-order valence-corrected chi connectivity index (χ0v) is 19.4. The molecule has 2 aliphatic rings. The molecule has 0 aliphatic carbocycles. The van der Waals surface area contributed by atoms with E-state index in [-0.39, 0.29) is 23.7 Å². The fraction of sp³-hybridized carbons (Fsp3) is 0.462. The Morgan fingerprint density at radius 1 is 1.21 bits per heavy atom. The van der Waals surface area contributed by atoms with Crippen LogP contribution in [-0.4, -0.2) is 60.9 Å². The second-order valence-corrected chi connectivity index (χ2v) is 9.24. The average molecular weight is 454 g/mol. The van der Waals surface area contributed by atoms with Gasteiger partial charge in [0.05, 0.1) is 13.2 Å². The highest BCUT2D eigenvalue weighted by molar-refractivity contribution is 5.80. The average Bonchev–Trinajstić information content (AvgIpc) is 3.20. The van der Waals surface area contributed by atoms with Gasteiger partial charge in [-0.25, -0.2) is 4.39 Å². The third-order valence-electron chi connectivity index (χ3n) is 6.93. The highest BCUT2D eigenvalue weighted by Crippen LogP contribution is 2.33. The number of hydrogen-bond donors (Lipinski definition) is 1. The van der Waals surface area contributed by atoms with Crippen LogP contribution in [0.5, 0.6) is 5.75 Å². The lowest BCUT2D eigenvalue weighted by atomic mass is 9.84. The number of hydrogen-bond acceptors (Lipinski definition) is 4. The van der Waals surface area contributed by atoms with Crippen molar-refractivity contribution in [1.29, 1.82) is 0 Å². The first kappa shape index (κ1) is 23.2. The van der Waals surface area contributed by atoms with Gasteiger partial charge in [0, 0.05) is 44.1 Å². The van der Waals surface area contributed by atoms with E-state index in [4.69, 9.17) is 4.74 Å². The normalized spacial score (nSPS) is 23.4. The molecule has 0 aromatic heterocycles. The fourth-order valence-corrected chi connectivity index (χ4v) is 5.01. The monoisotopic (exact) mass is 453 g/mol. The summed E-state index contributed by atoms with van der Waals surface area (Å²) in [5.41, 5.74) is 1.03. The number of benzene rings is 2. The van der Waals surface area contributed by atoms with Crippen LogP contribution in [0.25, 0.3) is 0 Å². The molecular weight excluding hydrogens is 421 g/mol. The molecular formula is C26H32FN3O3. The molecule has 6 nitrogen and oxygen atoms in total. The molecule has 0 radical (unpaired) electrons. The summed E-state index contributed by atoms with van der Waals surface area (Å²) >= 11 is 0. The Bertz CT molecular complexity index is 1000. The molecule has 4 rings (SSSR count). The number of rotatable bonds is 7. The molecule has 7 heteroatoms. The predicted octanol–water partition coefficient (Wildman–Crippen LogP) is 3.32. The topological polar surface area (TPSA) is 61.9 Å². The lowest BCUT2D eigenvalue weighted by Crippen LogP contribution is -2.50. The third-order valence-corrected chi connectivity index (χ3v) is 6.93. The second kappa shape index (κ2) is 9.91. The van der Waals surface area contributed by atoms with E-state index >= 15 is 0 Å². The quantitative estimate of drug-likeness (QED) is 0.699. The van der Waals surface area contributed by atoms with Crippen molar-refractivity contribution in [2.45, 2.75) is 43.7 Å². The summed E-state index contributed by atoms with van der Waals surface area (Å²) < 4.78 is 19.7. The van der Waals surface area contributed by atoms with E-state index in [2.05, 4.69) is 29.4 Å². The van der Waals surface area contributed by atoms with Crippen molar-refractivity contribution in [3.8, 4) is 5.75 Å². The number of nitrogens with one attached hydrogen (secondary N) is 1. The molecule has 2 heterocycles. The molecule has 1 N–H and O–H groups in total. The molecule has 2 aromatic rings. The summed E-state index contributed by atoms with van der Waals surface area (Å²) in [6, 6.07) is 14.9. The second-order valence-electron chi connectivity index (χ2n) is 9.24. The van der Waals surface area contributed by atoms with Crippen LogP contribution < -0.4 is 10.1 Å². The van der Waals surface area contributed by atoms with E-state index in [1.165, 1.54) is 13.2 Å². The summed E-state index contributed by atoms with van der Waals surface area (Å²) in [6.07, 6.45) is 2.14. The summed E-state index contributed by atoms with van der Waals surface area (Å²) in [7, 11) is 3.57. The largest absolute Gasteiger partial charge is 0.497 e. The number of methoxy groups -OCH3 is 1. The van der Waals surface area contributed by atoms with Crippen LogP contribution in [0, 0.1) is 5.82 Å². The Balaban J connectivity index is 1.48. The van der Waals surface area contributed by atoms with Gasteiger partial charge in [-0.1, -0.05) is 36.4 Å². The SMILES string of the molecule is COc1ccc(C[C@@]2(CCC(=O)N3CCN(C)C[C@@H]3c3ccccc3)CCC(=O)N2)c(F)c1. The number of carbonyl (C=O) groups excluding carboxylic acids is 2. The zero-order valence-electron chi connectivity index (χ0n) is 19.4. The van der Waals surface area contributed by atoms with E-state index in [1.54, 1.807) is 12.1 Å². The smallest absolute Gasteiger partial charge is 0.223 e. The van der Waals surface area contributed by atoms with Crippen LogP contribution in [-0.2, 0) is 16.0 Å². The van der Waals surface area contributed by atoms with Crippen molar-refractivity contribution in [1.82, 2.24) is 15.1 Å². The minimum Gasteiger partial charge on any atom is -0.497 e. The van der Waals surface area contributed by atoms with E-state index in [9.17, 15) is 14.0 Å². The van der Waals surface area contributed by atoms with Crippen LogP contribution in [0.15, 0.2) is 48.5 Å². The van der Waals surface area contributed by atoms with Gasteiger partial charge < -0.3 is 19.9 Å². The molecule has 2 fully saturated rings. The Hall–Kier alpha value is -2.93. The lowest BCUT2D eigenvalue weighted by Gasteiger charge is -2.41. The van der Waals surface area contributed by atoms with Crippen LogP contribution in [0.4, 0.5) is 4.39 Å². The summed E-state index contributed by atoms with van der Waals surface area (Å²) in [5.74, 6) is 0.133. The third kappa shape index (κ3) is 5.36. The van der Waals surface area contributed by atoms with E-state index in [0.29, 0.717) is 50.0 Å². The standard InChI is InChI=1S/C26H32FN3O3/c1-29-14-15-30(23(18-29)19-6-4-3-5-7-19)25(32)11-13-26(12-10-24(31)28-26)17-20-8-9-21(33-2)16-22(20)27/h3-9,16,23H,10-15,17-18H2,1-2H3,(H,28,31)/t23-,26+/m1/s1. The van der Waals surface area contributed by atoms with Crippen LogP contribution in [0.3, 0.4) is 0 Å². The lowest BCUT2D eigenvalue weighted by molar-refractivity contribution is -0.136. The number of ether oxygens (including phenoxy) is 1. The molecule has 2 aromatic carbocycles. The predicted molar refractivity (Wildman–Crippen MR) is 124 cm³/mol. The number of piperazine rings is 1. The van der Waals surface area contributed by atoms with Crippen molar-refractivity contribution in [3.05, 3.63) is 65.5 Å². The van der Waals surface area contributed by atoms with Gasteiger partial charge in [0.2, 0.25) is 11.8 Å². The molecule has 176 valence electrons.